The molecule has 2 aromatic rings. The van der Waals surface area contributed by atoms with Crippen molar-refractivity contribution in [3.8, 4) is 0 Å². The average molecular weight is 397 g/mol. The van der Waals surface area contributed by atoms with Gasteiger partial charge in [0.25, 0.3) is 0 Å². The van der Waals surface area contributed by atoms with Gasteiger partial charge >= 0.3 is 6.18 Å². The molecule has 0 bridgehead atoms. The Labute approximate surface area is 161 Å². The number of alkyl halides is 3. The van der Waals surface area contributed by atoms with Crippen LogP contribution in [0.3, 0.4) is 0 Å². The van der Waals surface area contributed by atoms with E-state index in [-0.39, 0.29) is 17.8 Å². The first kappa shape index (κ1) is 21.3. The van der Waals surface area contributed by atoms with Gasteiger partial charge in [-0.3, -0.25) is 4.79 Å². The number of ether oxygens (including phenoxy) is 1. The normalized spacial score (nSPS) is 12.6. The van der Waals surface area contributed by atoms with Gasteiger partial charge in [0.15, 0.2) is 0 Å². The highest BCUT2D eigenvalue weighted by Gasteiger charge is 2.27. The maximum atomic E-state index is 12.2. The third-order valence-corrected chi connectivity index (χ3v) is 4.95. The van der Waals surface area contributed by atoms with E-state index < -0.39 is 12.8 Å². The largest absolute Gasteiger partial charge is 0.411 e. The monoisotopic (exact) mass is 397 g/mol. The van der Waals surface area contributed by atoms with E-state index >= 15 is 0 Å². The zero-order valence-electron chi connectivity index (χ0n) is 15.0. The molecular weight excluding hydrogens is 375 g/mol. The van der Waals surface area contributed by atoms with Crippen molar-refractivity contribution in [1.82, 2.24) is 5.32 Å². The van der Waals surface area contributed by atoms with Crippen molar-refractivity contribution in [3.05, 3.63) is 71.3 Å². The molecule has 0 saturated heterocycles. The molecule has 2 rings (SSSR count). The predicted octanol–water partition coefficient (Wildman–Crippen LogP) is 4.70. The summed E-state index contributed by atoms with van der Waals surface area (Å²) in [6, 6.07) is 16.9. The van der Waals surface area contributed by atoms with Crippen molar-refractivity contribution >= 4 is 17.7 Å². The van der Waals surface area contributed by atoms with Crippen LogP contribution in [0.5, 0.6) is 0 Å². The first-order chi connectivity index (χ1) is 12.8. The number of carbonyl (C=O) groups excluding carboxylic acids is 1. The zero-order valence-corrected chi connectivity index (χ0v) is 15.8. The highest BCUT2D eigenvalue weighted by Crippen LogP contribution is 2.18. The molecule has 1 N–H and O–H groups in total. The highest BCUT2D eigenvalue weighted by molar-refractivity contribution is 7.99. The molecule has 1 amide bonds. The van der Waals surface area contributed by atoms with Crippen molar-refractivity contribution in [1.29, 1.82) is 0 Å². The van der Waals surface area contributed by atoms with Crippen LogP contribution < -0.4 is 5.32 Å². The van der Waals surface area contributed by atoms with E-state index in [1.807, 2.05) is 37.3 Å². The van der Waals surface area contributed by atoms with Crippen molar-refractivity contribution in [3.63, 3.8) is 0 Å². The van der Waals surface area contributed by atoms with Crippen LogP contribution in [0.1, 0.15) is 23.6 Å². The molecule has 1 atom stereocenters. The van der Waals surface area contributed by atoms with Crippen LogP contribution in [0, 0.1) is 0 Å². The average Bonchev–Trinajstić information content (AvgIpc) is 2.65. The molecule has 0 radical (unpaired) electrons. The molecule has 7 heteroatoms. The first-order valence-electron chi connectivity index (χ1n) is 8.49. The fourth-order valence-corrected chi connectivity index (χ4v) is 3.11. The van der Waals surface area contributed by atoms with Gasteiger partial charge in [0, 0.05) is 12.3 Å². The number of amides is 1. The van der Waals surface area contributed by atoms with Gasteiger partial charge in [-0.15, -0.1) is 11.8 Å². The van der Waals surface area contributed by atoms with Crippen LogP contribution >= 0.6 is 11.8 Å². The summed E-state index contributed by atoms with van der Waals surface area (Å²) in [4.78, 5) is 12.2. The van der Waals surface area contributed by atoms with Crippen LogP contribution in [0.15, 0.2) is 54.6 Å². The summed E-state index contributed by atoms with van der Waals surface area (Å²) in [5, 5.41) is 2.70. The summed E-state index contributed by atoms with van der Waals surface area (Å²) in [5.41, 5.74) is 2.70. The van der Waals surface area contributed by atoms with E-state index in [2.05, 4.69) is 10.1 Å². The standard InChI is InChI=1S/C20H22F3NO2S/c1-15(27-13-18-5-3-2-4-6-18)19(25)24-11-16-7-9-17(10-8-16)12-26-14-20(21,22)23/h2-10,15H,11-14H2,1H3,(H,24,25). The number of nitrogens with one attached hydrogen (secondary N) is 1. The third-order valence-electron chi connectivity index (χ3n) is 3.74. The summed E-state index contributed by atoms with van der Waals surface area (Å²) in [5.74, 6) is 0.718. The van der Waals surface area contributed by atoms with E-state index in [1.165, 1.54) is 5.56 Å². The molecule has 0 saturated carbocycles. The minimum absolute atomic E-state index is 0.0477. The number of hydrogen-bond donors (Lipinski definition) is 1. The number of rotatable bonds is 9. The predicted molar refractivity (Wildman–Crippen MR) is 101 cm³/mol. The SMILES string of the molecule is CC(SCc1ccccc1)C(=O)NCc1ccc(COCC(F)(F)F)cc1. The summed E-state index contributed by atoms with van der Waals surface area (Å²) in [6.07, 6.45) is -4.32. The molecule has 0 aliphatic heterocycles. The first-order valence-corrected chi connectivity index (χ1v) is 9.54. The van der Waals surface area contributed by atoms with Crippen molar-refractivity contribution < 1.29 is 22.7 Å². The highest BCUT2D eigenvalue weighted by atomic mass is 32.2. The topological polar surface area (TPSA) is 38.3 Å². The maximum absolute atomic E-state index is 12.2. The maximum Gasteiger partial charge on any atom is 0.411 e. The molecular formula is C20H22F3NO2S. The lowest BCUT2D eigenvalue weighted by molar-refractivity contribution is -0.176. The Morgan fingerprint density at radius 2 is 1.67 bits per heavy atom. The number of carbonyl (C=O) groups is 1. The summed E-state index contributed by atoms with van der Waals surface area (Å²) in [7, 11) is 0. The van der Waals surface area contributed by atoms with E-state index in [0.29, 0.717) is 12.1 Å². The summed E-state index contributed by atoms with van der Waals surface area (Å²) >= 11 is 1.57. The minimum atomic E-state index is -4.32. The molecule has 0 fully saturated rings. The lowest BCUT2D eigenvalue weighted by atomic mass is 10.1. The Morgan fingerprint density at radius 3 is 2.30 bits per heavy atom. The Balaban J connectivity index is 1.71. The van der Waals surface area contributed by atoms with Crippen molar-refractivity contribution in [2.45, 2.75) is 37.3 Å². The molecule has 0 aliphatic rings. The third kappa shape index (κ3) is 8.49. The van der Waals surface area contributed by atoms with Gasteiger partial charge in [-0.2, -0.15) is 13.2 Å². The fraction of sp³-hybridized carbons (Fsp3) is 0.350. The zero-order chi connectivity index (χ0) is 19.7. The molecule has 1 unspecified atom stereocenters. The number of benzene rings is 2. The van der Waals surface area contributed by atoms with Gasteiger partial charge in [0.1, 0.15) is 6.61 Å². The van der Waals surface area contributed by atoms with Gasteiger partial charge in [0.2, 0.25) is 5.91 Å². The lowest BCUT2D eigenvalue weighted by Crippen LogP contribution is -2.30. The summed E-state index contributed by atoms with van der Waals surface area (Å²) in [6.45, 7) is 0.880. The Hall–Kier alpha value is -1.99. The molecule has 0 aromatic heterocycles. The van der Waals surface area contributed by atoms with Gasteiger partial charge in [0.05, 0.1) is 11.9 Å². The van der Waals surface area contributed by atoms with Crippen LogP contribution in [0.4, 0.5) is 13.2 Å². The van der Waals surface area contributed by atoms with Crippen molar-refractivity contribution in [2.24, 2.45) is 0 Å². The van der Waals surface area contributed by atoms with E-state index in [0.717, 1.165) is 11.3 Å². The molecule has 2 aromatic carbocycles. The van der Waals surface area contributed by atoms with Crippen molar-refractivity contribution in [2.75, 3.05) is 6.61 Å². The minimum Gasteiger partial charge on any atom is -0.367 e. The van der Waals surface area contributed by atoms with Gasteiger partial charge in [-0.05, 0) is 23.6 Å². The second-order valence-corrected chi connectivity index (χ2v) is 7.41. The lowest BCUT2D eigenvalue weighted by Gasteiger charge is -2.12. The Kier molecular flexibility index (Phi) is 8.19. The van der Waals surface area contributed by atoms with Crippen LogP contribution in [-0.4, -0.2) is 23.9 Å². The van der Waals surface area contributed by atoms with Gasteiger partial charge in [-0.1, -0.05) is 54.6 Å². The Morgan fingerprint density at radius 1 is 1.04 bits per heavy atom. The summed E-state index contributed by atoms with van der Waals surface area (Å²) < 4.78 is 40.8. The molecule has 3 nitrogen and oxygen atoms in total. The Bertz CT molecular complexity index is 705. The molecule has 0 spiro atoms. The molecule has 27 heavy (non-hydrogen) atoms. The van der Waals surface area contributed by atoms with Gasteiger partial charge in [-0.25, -0.2) is 0 Å². The second kappa shape index (κ2) is 10.4. The number of halogens is 3. The van der Waals surface area contributed by atoms with E-state index in [1.54, 1.807) is 36.0 Å². The van der Waals surface area contributed by atoms with Crippen LogP contribution in [0.25, 0.3) is 0 Å². The second-order valence-electron chi connectivity index (χ2n) is 6.08. The number of hydrogen-bond acceptors (Lipinski definition) is 3. The van der Waals surface area contributed by atoms with E-state index in [9.17, 15) is 18.0 Å². The quantitative estimate of drug-likeness (QED) is 0.666. The van der Waals surface area contributed by atoms with Gasteiger partial charge < -0.3 is 10.1 Å². The van der Waals surface area contributed by atoms with Crippen LogP contribution in [-0.2, 0) is 28.4 Å². The van der Waals surface area contributed by atoms with Crippen LogP contribution in [0.2, 0.25) is 0 Å². The molecule has 0 heterocycles. The van der Waals surface area contributed by atoms with E-state index in [4.69, 9.17) is 0 Å². The number of thioether (sulfide) groups is 1. The molecule has 0 aliphatic carbocycles. The smallest absolute Gasteiger partial charge is 0.367 e. The fourth-order valence-electron chi connectivity index (χ4n) is 2.24. The molecule has 146 valence electrons.